The van der Waals surface area contributed by atoms with E-state index in [4.69, 9.17) is 22.3 Å². The zero-order valence-electron chi connectivity index (χ0n) is 15.3. The fourth-order valence-corrected chi connectivity index (χ4v) is 3.97. The van der Waals surface area contributed by atoms with Gasteiger partial charge in [0.2, 0.25) is 11.9 Å². The normalized spacial score (nSPS) is 20.0. The Bertz CT molecular complexity index is 931. The molecular formula is C19H24ClN7. The number of anilines is 3. The zero-order valence-corrected chi connectivity index (χ0v) is 16.1. The number of hydrogen-bond donors (Lipinski definition) is 3. The molecule has 1 aliphatic carbocycles. The van der Waals surface area contributed by atoms with Gasteiger partial charge in [0.15, 0.2) is 5.65 Å². The Morgan fingerprint density at radius 1 is 1.22 bits per heavy atom. The molecule has 0 radical (unpaired) electrons. The Morgan fingerprint density at radius 3 is 2.74 bits per heavy atom. The highest BCUT2D eigenvalue weighted by atomic mass is 35.5. The number of nitrogens with zero attached hydrogens (tertiary/aromatic N) is 4. The van der Waals surface area contributed by atoms with E-state index < -0.39 is 0 Å². The fourth-order valence-electron chi connectivity index (χ4n) is 3.78. The molecule has 0 saturated heterocycles. The summed E-state index contributed by atoms with van der Waals surface area (Å²) >= 11 is 6.14. The maximum atomic E-state index is 6.14. The van der Waals surface area contributed by atoms with Crippen molar-refractivity contribution >= 4 is 40.3 Å². The van der Waals surface area contributed by atoms with Gasteiger partial charge < -0.3 is 16.4 Å². The summed E-state index contributed by atoms with van der Waals surface area (Å²) in [5.41, 5.74) is 8.39. The van der Waals surface area contributed by atoms with E-state index in [0.717, 1.165) is 55.0 Å². The van der Waals surface area contributed by atoms with Crippen molar-refractivity contribution in [1.82, 2.24) is 19.5 Å². The van der Waals surface area contributed by atoms with E-state index in [2.05, 4.69) is 25.2 Å². The van der Waals surface area contributed by atoms with Gasteiger partial charge in [-0.15, -0.1) is 0 Å². The molecule has 0 spiro atoms. The van der Waals surface area contributed by atoms with Crippen LogP contribution in [0.2, 0.25) is 5.02 Å². The Morgan fingerprint density at radius 2 is 2.04 bits per heavy atom. The minimum Gasteiger partial charge on any atom is -0.357 e. The number of benzene rings is 1. The van der Waals surface area contributed by atoms with Gasteiger partial charge in [0.25, 0.3) is 0 Å². The summed E-state index contributed by atoms with van der Waals surface area (Å²) in [5, 5.41) is 7.12. The first-order chi connectivity index (χ1) is 13.2. The van der Waals surface area contributed by atoms with Crippen LogP contribution in [0.1, 0.15) is 31.7 Å². The van der Waals surface area contributed by atoms with E-state index >= 15 is 0 Å². The molecule has 1 fully saturated rings. The average Bonchev–Trinajstić information content (AvgIpc) is 3.04. The molecule has 0 unspecified atom stereocenters. The number of hydrogen-bond acceptors (Lipinski definition) is 6. The molecule has 0 atom stereocenters. The lowest BCUT2D eigenvalue weighted by molar-refractivity contribution is 0.284. The molecule has 27 heavy (non-hydrogen) atoms. The van der Waals surface area contributed by atoms with Gasteiger partial charge in [-0.1, -0.05) is 17.7 Å². The van der Waals surface area contributed by atoms with Crippen molar-refractivity contribution in [2.45, 2.75) is 31.7 Å². The van der Waals surface area contributed by atoms with Crippen LogP contribution in [-0.4, -0.2) is 33.1 Å². The smallest absolute Gasteiger partial charge is 0.224 e. The second-order valence-corrected chi connectivity index (χ2v) is 7.44. The van der Waals surface area contributed by atoms with Gasteiger partial charge in [-0.05, 0) is 56.3 Å². The van der Waals surface area contributed by atoms with E-state index in [9.17, 15) is 0 Å². The molecule has 7 nitrogen and oxygen atoms in total. The number of nitrogens with one attached hydrogen (secondary N) is 2. The molecule has 2 aromatic heterocycles. The van der Waals surface area contributed by atoms with Crippen molar-refractivity contribution in [1.29, 1.82) is 0 Å². The third-order valence-corrected chi connectivity index (χ3v) is 5.49. The average molecular weight is 386 g/mol. The van der Waals surface area contributed by atoms with Crippen LogP contribution < -0.4 is 16.4 Å². The Kier molecular flexibility index (Phi) is 5.13. The number of aromatic nitrogens is 4. The number of fused-ring (bicyclic) bond motifs is 1. The summed E-state index contributed by atoms with van der Waals surface area (Å²) in [6.45, 7) is 0.761. The first kappa shape index (κ1) is 18.0. The SMILES string of the molecule is CNc1ncc2nc(Nc3cccc(Cl)c3)n(C3CCC(CN)CC3)c2n1. The molecule has 1 aliphatic rings. The summed E-state index contributed by atoms with van der Waals surface area (Å²) in [6.07, 6.45) is 6.15. The lowest BCUT2D eigenvalue weighted by atomic mass is 9.86. The van der Waals surface area contributed by atoms with Crippen LogP contribution in [0.5, 0.6) is 0 Å². The van der Waals surface area contributed by atoms with Gasteiger partial charge in [0, 0.05) is 23.8 Å². The maximum absolute atomic E-state index is 6.14. The van der Waals surface area contributed by atoms with Gasteiger partial charge in [-0.2, -0.15) is 4.98 Å². The van der Waals surface area contributed by atoms with Crippen LogP contribution in [-0.2, 0) is 0 Å². The molecule has 1 aromatic carbocycles. The summed E-state index contributed by atoms with van der Waals surface area (Å²) in [4.78, 5) is 13.7. The highest BCUT2D eigenvalue weighted by Crippen LogP contribution is 2.36. The van der Waals surface area contributed by atoms with Gasteiger partial charge in [-0.25, -0.2) is 9.97 Å². The lowest BCUT2D eigenvalue weighted by Crippen LogP contribution is -2.24. The van der Waals surface area contributed by atoms with E-state index in [0.29, 0.717) is 22.9 Å². The highest BCUT2D eigenvalue weighted by molar-refractivity contribution is 6.30. The van der Waals surface area contributed by atoms with Crippen molar-refractivity contribution in [2.24, 2.45) is 11.7 Å². The zero-order chi connectivity index (χ0) is 18.8. The minimum absolute atomic E-state index is 0.332. The predicted molar refractivity (Wildman–Crippen MR) is 110 cm³/mol. The summed E-state index contributed by atoms with van der Waals surface area (Å²) < 4.78 is 2.21. The van der Waals surface area contributed by atoms with Crippen molar-refractivity contribution < 1.29 is 0 Å². The Balaban J connectivity index is 1.75. The number of nitrogens with two attached hydrogens (primary N) is 1. The van der Waals surface area contributed by atoms with Crippen LogP contribution in [0, 0.1) is 5.92 Å². The maximum Gasteiger partial charge on any atom is 0.224 e. The van der Waals surface area contributed by atoms with Crippen molar-refractivity contribution in [3.8, 4) is 0 Å². The predicted octanol–water partition coefficient (Wildman–Crippen LogP) is 3.96. The van der Waals surface area contributed by atoms with Gasteiger partial charge in [-0.3, -0.25) is 4.57 Å². The molecule has 1 saturated carbocycles. The number of halogens is 1. The third kappa shape index (κ3) is 3.70. The van der Waals surface area contributed by atoms with Gasteiger partial charge >= 0.3 is 0 Å². The van der Waals surface area contributed by atoms with E-state index in [1.165, 1.54) is 0 Å². The minimum atomic E-state index is 0.332. The largest absolute Gasteiger partial charge is 0.357 e. The van der Waals surface area contributed by atoms with Crippen molar-refractivity contribution in [3.63, 3.8) is 0 Å². The van der Waals surface area contributed by atoms with Crippen LogP contribution in [0.25, 0.3) is 11.2 Å². The standard InChI is InChI=1S/C19H24ClN7/c1-22-18-23-11-16-17(26-18)27(15-7-5-12(10-21)6-8-15)19(25-16)24-14-4-2-3-13(20)9-14/h2-4,9,11-12,15H,5-8,10,21H2,1H3,(H,24,25)(H,22,23,26). The Labute approximate surface area is 163 Å². The second-order valence-electron chi connectivity index (χ2n) is 7.00. The molecule has 3 aromatic rings. The molecule has 4 rings (SSSR count). The van der Waals surface area contributed by atoms with Gasteiger partial charge in [0.05, 0.1) is 6.20 Å². The van der Waals surface area contributed by atoms with Crippen LogP contribution in [0.4, 0.5) is 17.6 Å². The molecule has 8 heteroatoms. The molecule has 4 N–H and O–H groups in total. The molecule has 142 valence electrons. The van der Waals surface area contributed by atoms with E-state index in [1.54, 1.807) is 6.20 Å². The molecule has 0 bridgehead atoms. The van der Waals surface area contributed by atoms with E-state index in [-0.39, 0.29) is 0 Å². The molecule has 0 aliphatic heterocycles. The van der Waals surface area contributed by atoms with Crippen LogP contribution in [0.3, 0.4) is 0 Å². The van der Waals surface area contributed by atoms with Crippen LogP contribution >= 0.6 is 11.6 Å². The third-order valence-electron chi connectivity index (χ3n) is 5.25. The number of rotatable bonds is 5. The van der Waals surface area contributed by atoms with Crippen LogP contribution in [0.15, 0.2) is 30.5 Å². The monoisotopic (exact) mass is 385 g/mol. The van der Waals surface area contributed by atoms with E-state index in [1.807, 2.05) is 31.3 Å². The summed E-state index contributed by atoms with van der Waals surface area (Å²) in [7, 11) is 1.82. The summed E-state index contributed by atoms with van der Waals surface area (Å²) in [5.74, 6) is 1.97. The quantitative estimate of drug-likeness (QED) is 0.615. The highest BCUT2D eigenvalue weighted by Gasteiger charge is 2.26. The lowest BCUT2D eigenvalue weighted by Gasteiger charge is -2.29. The van der Waals surface area contributed by atoms with Crippen molar-refractivity contribution in [2.75, 3.05) is 24.2 Å². The molecular weight excluding hydrogens is 362 g/mol. The fraction of sp³-hybridized carbons (Fsp3) is 0.421. The second kappa shape index (κ2) is 7.70. The topological polar surface area (TPSA) is 93.7 Å². The van der Waals surface area contributed by atoms with Crippen molar-refractivity contribution in [3.05, 3.63) is 35.5 Å². The Hall–Kier alpha value is -2.38. The number of imidazole rings is 1. The molecule has 2 heterocycles. The molecule has 0 amide bonds. The first-order valence-corrected chi connectivity index (χ1v) is 9.71. The first-order valence-electron chi connectivity index (χ1n) is 9.33. The van der Waals surface area contributed by atoms with Gasteiger partial charge in [0.1, 0.15) is 5.52 Å². The summed E-state index contributed by atoms with van der Waals surface area (Å²) in [6, 6.07) is 7.98.